The predicted molar refractivity (Wildman–Crippen MR) is 105 cm³/mol. The highest BCUT2D eigenvalue weighted by atomic mass is 32.1. The van der Waals surface area contributed by atoms with Gasteiger partial charge in [0, 0.05) is 6.04 Å². The molecule has 1 atom stereocenters. The molecule has 4 nitrogen and oxygen atoms in total. The number of aromatic nitrogens is 1. The maximum Gasteiger partial charge on any atom is 0.185 e. The van der Waals surface area contributed by atoms with Gasteiger partial charge >= 0.3 is 0 Å². The fourth-order valence-corrected chi connectivity index (χ4v) is 4.53. The first-order valence-electron chi connectivity index (χ1n) is 8.90. The third-order valence-corrected chi connectivity index (χ3v) is 6.01. The highest BCUT2D eigenvalue weighted by Crippen LogP contribution is 2.36. The van der Waals surface area contributed by atoms with Crippen LogP contribution in [-0.2, 0) is 0 Å². The van der Waals surface area contributed by atoms with E-state index in [2.05, 4.69) is 22.4 Å². The van der Waals surface area contributed by atoms with Gasteiger partial charge in [-0.05, 0) is 35.2 Å². The van der Waals surface area contributed by atoms with Crippen molar-refractivity contribution in [2.75, 3.05) is 11.1 Å². The molecule has 0 radical (unpaired) electrons. The van der Waals surface area contributed by atoms with Crippen LogP contribution >= 0.6 is 11.3 Å². The Balaban J connectivity index is 1.57. The van der Waals surface area contributed by atoms with E-state index in [9.17, 15) is 5.11 Å². The Morgan fingerprint density at radius 1 is 1.08 bits per heavy atom. The number of fused-ring (bicyclic) bond motifs is 1. The summed E-state index contributed by atoms with van der Waals surface area (Å²) in [4.78, 5) is 5.16. The van der Waals surface area contributed by atoms with E-state index in [0.717, 1.165) is 21.5 Å². The highest BCUT2D eigenvalue weighted by Gasteiger charge is 2.21. The molecule has 0 spiro atoms. The number of benzene rings is 2. The lowest BCUT2D eigenvalue weighted by molar-refractivity contribution is 0.225. The van der Waals surface area contributed by atoms with Gasteiger partial charge in [0.2, 0.25) is 0 Å². The van der Waals surface area contributed by atoms with Crippen molar-refractivity contribution in [3.05, 3.63) is 52.9 Å². The molecule has 3 aromatic rings. The fourth-order valence-electron chi connectivity index (χ4n) is 3.55. The predicted octanol–water partition coefficient (Wildman–Crippen LogP) is 4.70. The van der Waals surface area contributed by atoms with Gasteiger partial charge in [-0.1, -0.05) is 67.0 Å². The Morgan fingerprint density at radius 2 is 1.84 bits per heavy atom. The highest BCUT2D eigenvalue weighted by molar-refractivity contribution is 7.16. The van der Waals surface area contributed by atoms with Crippen LogP contribution in [0.1, 0.15) is 48.6 Å². The molecule has 130 valence electrons. The molecule has 0 amide bonds. The van der Waals surface area contributed by atoms with Crippen LogP contribution in [0.25, 0.3) is 10.8 Å². The molecule has 1 aliphatic carbocycles. The summed E-state index contributed by atoms with van der Waals surface area (Å²) in [5.74, 6) is 0.420. The van der Waals surface area contributed by atoms with E-state index >= 15 is 0 Å². The summed E-state index contributed by atoms with van der Waals surface area (Å²) < 4.78 is 0. The van der Waals surface area contributed by atoms with Crippen molar-refractivity contribution >= 4 is 33.1 Å². The number of anilines is 2. The number of nitrogen functional groups attached to an aromatic ring is 1. The normalized spacial score (nSPS) is 16.8. The van der Waals surface area contributed by atoms with Crippen molar-refractivity contribution < 1.29 is 5.11 Å². The molecule has 1 heterocycles. The molecule has 0 aliphatic heterocycles. The molecule has 25 heavy (non-hydrogen) atoms. The lowest BCUT2D eigenvalue weighted by atomic mass is 9.96. The van der Waals surface area contributed by atoms with Crippen molar-refractivity contribution in [2.24, 2.45) is 0 Å². The SMILES string of the molecule is Nc1nc(NC2CCCCC2)sc1C(O)c1ccc2ccccc2c1. The molecule has 0 saturated heterocycles. The minimum Gasteiger partial charge on any atom is -0.383 e. The van der Waals surface area contributed by atoms with Crippen LogP contribution in [0.2, 0.25) is 0 Å². The largest absolute Gasteiger partial charge is 0.383 e. The molecule has 0 bridgehead atoms. The first-order chi connectivity index (χ1) is 12.2. The minimum atomic E-state index is -0.746. The van der Waals surface area contributed by atoms with Crippen molar-refractivity contribution in [2.45, 2.75) is 44.2 Å². The third-order valence-electron chi connectivity index (χ3n) is 4.95. The van der Waals surface area contributed by atoms with Crippen LogP contribution in [0.3, 0.4) is 0 Å². The van der Waals surface area contributed by atoms with E-state index < -0.39 is 6.10 Å². The summed E-state index contributed by atoms with van der Waals surface area (Å²) >= 11 is 1.46. The average Bonchev–Trinajstić information content (AvgIpc) is 3.01. The molecule has 4 N–H and O–H groups in total. The Hall–Kier alpha value is -2.11. The molecular weight excluding hydrogens is 330 g/mol. The molecule has 4 rings (SSSR count). The second kappa shape index (κ2) is 7.02. The first kappa shape index (κ1) is 16.4. The van der Waals surface area contributed by atoms with Crippen molar-refractivity contribution in [1.29, 1.82) is 0 Å². The van der Waals surface area contributed by atoms with Gasteiger partial charge in [-0.2, -0.15) is 0 Å². The van der Waals surface area contributed by atoms with E-state index in [-0.39, 0.29) is 0 Å². The molecule has 1 fully saturated rings. The summed E-state index contributed by atoms with van der Waals surface area (Å²) in [5.41, 5.74) is 6.94. The number of aliphatic hydroxyl groups is 1. The topological polar surface area (TPSA) is 71.2 Å². The zero-order valence-corrected chi connectivity index (χ0v) is 14.9. The lowest BCUT2D eigenvalue weighted by Gasteiger charge is -2.22. The van der Waals surface area contributed by atoms with Gasteiger partial charge in [0.1, 0.15) is 11.9 Å². The molecule has 1 saturated carbocycles. The van der Waals surface area contributed by atoms with E-state index in [1.807, 2.05) is 30.3 Å². The van der Waals surface area contributed by atoms with E-state index in [0.29, 0.717) is 16.7 Å². The second-order valence-electron chi connectivity index (χ2n) is 6.76. The minimum absolute atomic E-state index is 0.420. The summed E-state index contributed by atoms with van der Waals surface area (Å²) in [6.07, 6.45) is 5.48. The van der Waals surface area contributed by atoms with E-state index in [1.165, 1.54) is 43.4 Å². The quantitative estimate of drug-likeness (QED) is 0.635. The van der Waals surface area contributed by atoms with Crippen LogP contribution in [-0.4, -0.2) is 16.1 Å². The van der Waals surface area contributed by atoms with Crippen LogP contribution < -0.4 is 11.1 Å². The average molecular weight is 353 g/mol. The van der Waals surface area contributed by atoms with E-state index in [4.69, 9.17) is 5.73 Å². The zero-order chi connectivity index (χ0) is 17.2. The first-order valence-corrected chi connectivity index (χ1v) is 9.72. The van der Waals surface area contributed by atoms with Crippen molar-refractivity contribution in [3.8, 4) is 0 Å². The Morgan fingerprint density at radius 3 is 2.64 bits per heavy atom. The van der Waals surface area contributed by atoms with Gasteiger partial charge in [0.15, 0.2) is 5.13 Å². The van der Waals surface area contributed by atoms with Crippen LogP contribution in [0.15, 0.2) is 42.5 Å². The molecular formula is C20H23N3OS. The zero-order valence-electron chi connectivity index (χ0n) is 14.1. The van der Waals surface area contributed by atoms with Gasteiger partial charge < -0.3 is 16.2 Å². The van der Waals surface area contributed by atoms with Crippen LogP contribution in [0.5, 0.6) is 0 Å². The maximum absolute atomic E-state index is 10.8. The van der Waals surface area contributed by atoms with Gasteiger partial charge in [-0.15, -0.1) is 0 Å². The smallest absolute Gasteiger partial charge is 0.185 e. The third kappa shape index (κ3) is 3.48. The van der Waals surface area contributed by atoms with E-state index in [1.54, 1.807) is 0 Å². The Labute approximate surface area is 151 Å². The molecule has 5 heteroatoms. The molecule has 1 aromatic heterocycles. The van der Waals surface area contributed by atoms with Gasteiger partial charge in [-0.25, -0.2) is 4.98 Å². The Bertz CT molecular complexity index is 870. The lowest BCUT2D eigenvalue weighted by Crippen LogP contribution is -2.22. The fraction of sp³-hybridized carbons (Fsp3) is 0.350. The summed E-state index contributed by atoms with van der Waals surface area (Å²) in [7, 11) is 0. The number of hydrogen-bond donors (Lipinski definition) is 3. The number of thiazole rings is 1. The molecule has 2 aromatic carbocycles. The number of rotatable bonds is 4. The standard InChI is InChI=1S/C20H23N3OS/c21-19-18(25-20(23-19)22-16-8-2-1-3-9-16)17(24)15-11-10-13-6-4-5-7-14(13)12-15/h4-7,10-12,16-17,24H,1-3,8-9,21H2,(H,22,23). The van der Waals surface area contributed by atoms with Crippen molar-refractivity contribution in [3.63, 3.8) is 0 Å². The van der Waals surface area contributed by atoms with Crippen LogP contribution in [0, 0.1) is 0 Å². The summed E-state index contributed by atoms with van der Waals surface area (Å²) in [5, 5.41) is 17.4. The number of hydrogen-bond acceptors (Lipinski definition) is 5. The molecule has 1 unspecified atom stereocenters. The van der Waals surface area contributed by atoms with Gasteiger partial charge in [-0.3, -0.25) is 0 Å². The number of nitrogens with two attached hydrogens (primary N) is 1. The number of nitrogens with zero attached hydrogens (tertiary/aromatic N) is 1. The Kier molecular flexibility index (Phi) is 4.59. The van der Waals surface area contributed by atoms with Gasteiger partial charge in [0.25, 0.3) is 0 Å². The monoisotopic (exact) mass is 353 g/mol. The number of nitrogens with one attached hydrogen (secondary N) is 1. The maximum atomic E-state index is 10.8. The summed E-state index contributed by atoms with van der Waals surface area (Å²) in [6.45, 7) is 0. The van der Waals surface area contributed by atoms with Crippen LogP contribution in [0.4, 0.5) is 10.9 Å². The number of aliphatic hydroxyl groups excluding tert-OH is 1. The summed E-state index contributed by atoms with van der Waals surface area (Å²) in [6, 6.07) is 14.6. The van der Waals surface area contributed by atoms with Gasteiger partial charge in [0.05, 0.1) is 4.88 Å². The second-order valence-corrected chi connectivity index (χ2v) is 7.79. The van der Waals surface area contributed by atoms with Crippen molar-refractivity contribution in [1.82, 2.24) is 4.98 Å². The molecule has 1 aliphatic rings.